The number of aromatic nitrogens is 2. The fourth-order valence-electron chi connectivity index (χ4n) is 2.18. The van der Waals surface area contributed by atoms with E-state index in [4.69, 9.17) is 0 Å². The lowest BCUT2D eigenvalue weighted by molar-refractivity contribution is 0.432. The first-order valence-corrected chi connectivity index (χ1v) is 6.74. The van der Waals surface area contributed by atoms with Gasteiger partial charge < -0.3 is 5.11 Å². The summed E-state index contributed by atoms with van der Waals surface area (Å²) in [6.07, 6.45) is 1.92. The molecule has 5 heteroatoms. The van der Waals surface area contributed by atoms with Crippen molar-refractivity contribution in [1.82, 2.24) is 9.55 Å². The van der Waals surface area contributed by atoms with E-state index in [9.17, 15) is 14.3 Å². The lowest BCUT2D eigenvalue weighted by Crippen LogP contribution is -2.19. The maximum Gasteiger partial charge on any atom is 0.258 e. The third-order valence-electron chi connectivity index (χ3n) is 3.30. The van der Waals surface area contributed by atoms with Crippen LogP contribution in [-0.4, -0.2) is 14.7 Å². The molecule has 0 amide bonds. The van der Waals surface area contributed by atoms with Crippen molar-refractivity contribution in [2.45, 2.75) is 6.42 Å². The number of rotatable bonds is 3. The average molecular weight is 296 g/mol. The summed E-state index contributed by atoms with van der Waals surface area (Å²) in [5.74, 6) is -1.23. The summed E-state index contributed by atoms with van der Waals surface area (Å²) in [5, 5.41) is 9.19. The lowest BCUT2D eigenvalue weighted by Gasteiger charge is -2.07. The summed E-state index contributed by atoms with van der Waals surface area (Å²) >= 11 is 0. The molecule has 0 aliphatic carbocycles. The molecule has 1 heterocycles. The van der Waals surface area contributed by atoms with E-state index >= 15 is 0 Å². The quantitative estimate of drug-likeness (QED) is 0.808. The van der Waals surface area contributed by atoms with Crippen LogP contribution in [0.5, 0.6) is 5.75 Å². The van der Waals surface area contributed by atoms with E-state index in [1.807, 2.05) is 30.3 Å². The number of hydrogen-bond donors (Lipinski definition) is 1. The predicted octanol–water partition coefficient (Wildman–Crippen LogP) is 2.67. The molecule has 1 N–H and O–H groups in total. The second-order valence-corrected chi connectivity index (χ2v) is 4.89. The zero-order valence-electron chi connectivity index (χ0n) is 11.6. The van der Waals surface area contributed by atoms with Crippen LogP contribution in [0.15, 0.2) is 65.7 Å². The molecule has 0 bridgehead atoms. The van der Waals surface area contributed by atoms with Gasteiger partial charge >= 0.3 is 0 Å². The Morgan fingerprint density at radius 1 is 1.09 bits per heavy atom. The van der Waals surface area contributed by atoms with Crippen LogP contribution in [0.2, 0.25) is 0 Å². The first-order valence-electron chi connectivity index (χ1n) is 6.74. The molecule has 110 valence electrons. The summed E-state index contributed by atoms with van der Waals surface area (Å²) in [4.78, 5) is 16.4. The number of nitrogens with zero attached hydrogens (tertiary/aromatic N) is 2. The fraction of sp³-hybridized carbons (Fsp3) is 0.0588. The van der Waals surface area contributed by atoms with Crippen LogP contribution in [-0.2, 0) is 6.42 Å². The van der Waals surface area contributed by atoms with Gasteiger partial charge in [0.2, 0.25) is 0 Å². The van der Waals surface area contributed by atoms with E-state index in [2.05, 4.69) is 4.98 Å². The van der Waals surface area contributed by atoms with Crippen molar-refractivity contribution in [1.29, 1.82) is 0 Å². The van der Waals surface area contributed by atoms with Gasteiger partial charge in [0.15, 0.2) is 11.6 Å². The zero-order chi connectivity index (χ0) is 15.5. The second kappa shape index (κ2) is 5.81. The highest BCUT2D eigenvalue weighted by molar-refractivity contribution is 5.38. The summed E-state index contributed by atoms with van der Waals surface area (Å²) in [5.41, 5.74) is 1.72. The largest absolute Gasteiger partial charge is 0.505 e. The molecule has 0 saturated carbocycles. The van der Waals surface area contributed by atoms with Crippen molar-refractivity contribution < 1.29 is 9.50 Å². The van der Waals surface area contributed by atoms with E-state index in [-0.39, 0.29) is 5.56 Å². The van der Waals surface area contributed by atoms with Crippen molar-refractivity contribution in [3.63, 3.8) is 0 Å². The molecule has 1 aromatic heterocycles. The Labute approximate surface area is 126 Å². The first-order chi connectivity index (χ1) is 10.6. The number of phenols is 1. The number of halogens is 1. The van der Waals surface area contributed by atoms with Crippen LogP contribution in [0.1, 0.15) is 11.3 Å². The van der Waals surface area contributed by atoms with Crippen LogP contribution < -0.4 is 5.56 Å². The summed E-state index contributed by atoms with van der Waals surface area (Å²) in [6, 6.07) is 14.9. The van der Waals surface area contributed by atoms with Gasteiger partial charge in [-0.25, -0.2) is 9.37 Å². The molecule has 0 aliphatic rings. The Bertz CT molecular complexity index is 860. The summed E-state index contributed by atoms with van der Waals surface area (Å²) in [6.45, 7) is 0. The smallest absolute Gasteiger partial charge is 0.258 e. The van der Waals surface area contributed by atoms with Gasteiger partial charge in [0.25, 0.3) is 5.56 Å². The molecule has 22 heavy (non-hydrogen) atoms. The Morgan fingerprint density at radius 2 is 1.86 bits per heavy atom. The zero-order valence-corrected chi connectivity index (χ0v) is 11.6. The molecule has 0 spiro atoms. The maximum absolute atomic E-state index is 13.4. The van der Waals surface area contributed by atoms with Crippen LogP contribution in [0.4, 0.5) is 4.39 Å². The van der Waals surface area contributed by atoms with Crippen molar-refractivity contribution in [3.8, 4) is 11.4 Å². The van der Waals surface area contributed by atoms with Crippen LogP contribution >= 0.6 is 0 Å². The minimum Gasteiger partial charge on any atom is -0.505 e. The number of aromatic hydroxyl groups is 1. The van der Waals surface area contributed by atoms with Gasteiger partial charge in [0.05, 0.1) is 11.4 Å². The molecular formula is C17H13FN2O2. The average Bonchev–Trinajstić information content (AvgIpc) is 2.51. The lowest BCUT2D eigenvalue weighted by atomic mass is 10.1. The highest BCUT2D eigenvalue weighted by atomic mass is 19.1. The second-order valence-electron chi connectivity index (χ2n) is 4.89. The van der Waals surface area contributed by atoms with Crippen molar-refractivity contribution in [3.05, 3.63) is 88.4 Å². The third-order valence-corrected chi connectivity index (χ3v) is 3.30. The van der Waals surface area contributed by atoms with E-state index in [1.165, 1.54) is 29.1 Å². The molecular weight excluding hydrogens is 283 g/mol. The monoisotopic (exact) mass is 296 g/mol. The summed E-state index contributed by atoms with van der Waals surface area (Å²) in [7, 11) is 0. The molecule has 3 aromatic rings. The molecule has 0 radical (unpaired) electrons. The molecule has 2 aromatic carbocycles. The highest BCUT2D eigenvalue weighted by Gasteiger charge is 2.06. The maximum atomic E-state index is 13.4. The molecule has 0 atom stereocenters. The van der Waals surface area contributed by atoms with Crippen LogP contribution in [0.25, 0.3) is 5.69 Å². The Balaban J connectivity index is 1.92. The Hall–Kier alpha value is -2.95. The molecule has 4 nitrogen and oxygen atoms in total. The van der Waals surface area contributed by atoms with Crippen LogP contribution in [0, 0.1) is 5.82 Å². The first kappa shape index (κ1) is 14.0. The van der Waals surface area contributed by atoms with E-state index in [0.29, 0.717) is 17.8 Å². The SMILES string of the molecule is O=c1cc(Cc2ccccc2)ncn1-c1ccc(O)c(F)c1. The summed E-state index contributed by atoms with van der Waals surface area (Å²) < 4.78 is 14.6. The van der Waals surface area contributed by atoms with Gasteiger partial charge in [-0.15, -0.1) is 0 Å². The number of benzene rings is 2. The van der Waals surface area contributed by atoms with E-state index < -0.39 is 11.6 Å². The van der Waals surface area contributed by atoms with Gasteiger partial charge in [-0.3, -0.25) is 9.36 Å². The normalized spacial score (nSPS) is 10.6. The molecule has 0 unspecified atom stereocenters. The van der Waals surface area contributed by atoms with E-state index in [0.717, 1.165) is 11.6 Å². The van der Waals surface area contributed by atoms with Crippen molar-refractivity contribution >= 4 is 0 Å². The molecule has 3 rings (SSSR count). The topological polar surface area (TPSA) is 55.1 Å². The van der Waals surface area contributed by atoms with Gasteiger partial charge in [-0.1, -0.05) is 30.3 Å². The minimum atomic E-state index is -0.780. The number of hydrogen-bond acceptors (Lipinski definition) is 3. The predicted molar refractivity (Wildman–Crippen MR) is 80.7 cm³/mol. The Morgan fingerprint density at radius 3 is 2.55 bits per heavy atom. The van der Waals surface area contributed by atoms with Gasteiger partial charge in [-0.2, -0.15) is 0 Å². The van der Waals surface area contributed by atoms with Gasteiger partial charge in [0.1, 0.15) is 6.33 Å². The Kier molecular flexibility index (Phi) is 3.70. The van der Waals surface area contributed by atoms with Gasteiger partial charge in [0, 0.05) is 18.6 Å². The van der Waals surface area contributed by atoms with Crippen LogP contribution in [0.3, 0.4) is 0 Å². The molecule has 0 fully saturated rings. The fourth-order valence-corrected chi connectivity index (χ4v) is 2.18. The van der Waals surface area contributed by atoms with E-state index in [1.54, 1.807) is 0 Å². The van der Waals surface area contributed by atoms with Gasteiger partial charge in [-0.05, 0) is 17.7 Å². The van der Waals surface area contributed by atoms with Crippen molar-refractivity contribution in [2.75, 3.05) is 0 Å². The minimum absolute atomic E-state index is 0.300. The number of phenolic OH excluding ortho intramolecular Hbond substituents is 1. The third kappa shape index (κ3) is 2.88. The highest BCUT2D eigenvalue weighted by Crippen LogP contribution is 2.17. The standard InChI is InChI=1S/C17H13FN2O2/c18-15-10-14(6-7-16(15)21)20-11-19-13(9-17(20)22)8-12-4-2-1-3-5-12/h1-7,9-11,21H,8H2. The molecule has 0 aliphatic heterocycles. The van der Waals surface area contributed by atoms with Crippen molar-refractivity contribution in [2.24, 2.45) is 0 Å². The molecule has 0 saturated heterocycles.